The number of aliphatic hydroxyl groups excluding tert-OH is 1. The lowest BCUT2D eigenvalue weighted by Gasteiger charge is -2.73. The quantitative estimate of drug-likeness (QED) is 0.278. The van der Waals surface area contributed by atoms with Crippen LogP contribution >= 0.6 is 0 Å². The van der Waals surface area contributed by atoms with Gasteiger partial charge in [-0.1, -0.05) is 13.8 Å². The summed E-state index contributed by atoms with van der Waals surface area (Å²) in [5.41, 5.74) is -5.28. The third kappa shape index (κ3) is 3.79. The summed E-state index contributed by atoms with van der Waals surface area (Å²) in [6, 6.07) is 1.83. The van der Waals surface area contributed by atoms with Gasteiger partial charge in [-0.05, 0) is 37.3 Å². The van der Waals surface area contributed by atoms with E-state index in [1.54, 1.807) is 19.5 Å². The molecule has 4 aliphatic carbocycles. The molecule has 0 radical (unpaired) electrons. The molecule has 6 fully saturated rings. The van der Waals surface area contributed by atoms with Crippen LogP contribution in [0.4, 0.5) is 0 Å². The normalized spacial score (nSPS) is 48.9. The molecule has 1 N–H and O–H groups in total. The predicted octanol–water partition coefficient (Wildman–Crippen LogP) is 2.61. The molecule has 2 bridgehead atoms. The predicted molar refractivity (Wildman–Crippen MR) is 156 cm³/mol. The van der Waals surface area contributed by atoms with E-state index in [1.165, 1.54) is 27.7 Å². The van der Waals surface area contributed by atoms with E-state index in [-0.39, 0.29) is 31.5 Å². The molecule has 0 aromatic carbocycles. The van der Waals surface area contributed by atoms with E-state index in [2.05, 4.69) is 0 Å². The Morgan fingerprint density at radius 3 is 2.09 bits per heavy atom. The number of epoxide rings is 1. The maximum atomic E-state index is 15.4. The Morgan fingerprint density at radius 1 is 0.851 bits per heavy atom. The first-order valence-electron chi connectivity index (χ1n) is 16.2. The first kappa shape index (κ1) is 32.3. The number of Topliss-reactive ketones (excluding diaryl/α,β-unsaturated/α-hetero) is 1. The van der Waals surface area contributed by atoms with Gasteiger partial charge in [0.25, 0.3) is 0 Å². The Morgan fingerprint density at radius 2 is 1.49 bits per heavy atom. The standard InChI is InChI=1S/C34H42O13/c1-15(35)43-23-12-24(44-16(2)36)33-14-42-29(46-18(4)38)30(23,5)21(33)11-22(39)32(7)27(33)26(40)28(45-17(3)37)31(6)20(19-8-9-41-13-19)10-25-34(31,32)47-25/h8-9,13,20-25,27-29,39H,10-12,14H2,1-7H3/t20-,21-,22+,23+,24-,25+,27-,28-,29-,30+,31+,32+,33+,34+/m0/s1. The van der Waals surface area contributed by atoms with Gasteiger partial charge in [-0.2, -0.15) is 0 Å². The smallest absolute Gasteiger partial charge is 0.304 e. The number of esters is 4. The Hall–Kier alpha value is -3.29. The highest BCUT2D eigenvalue weighted by molar-refractivity contribution is 5.93. The SMILES string of the molecule is CC(=O)O[C@@H]1OC[C@]23[C@@H](OC(C)=O)C[C@@H](OC(C)=O)[C@@]1(C)[C@@H]2C[C@@H](O)[C@]1(C)[C@@H]3C(=O)[C@H](OC(C)=O)[C@@]2(C)[C@H](c3ccoc3)C[C@H]3O[C@]321. The molecule has 1 aromatic heterocycles. The average Bonchev–Trinajstić information content (AvgIpc) is 3.33. The van der Waals surface area contributed by atoms with Crippen LogP contribution in [-0.4, -0.2) is 83.8 Å². The van der Waals surface area contributed by atoms with Gasteiger partial charge in [-0.3, -0.25) is 24.0 Å². The van der Waals surface area contributed by atoms with Crippen molar-refractivity contribution in [3.63, 3.8) is 0 Å². The van der Waals surface area contributed by atoms with Crippen molar-refractivity contribution in [2.45, 2.75) is 116 Å². The number of carbonyl (C=O) groups is 5. The highest BCUT2D eigenvalue weighted by Gasteiger charge is 2.93. The highest BCUT2D eigenvalue weighted by Crippen LogP contribution is 2.83. The van der Waals surface area contributed by atoms with Gasteiger partial charge in [0, 0.05) is 56.8 Å². The zero-order valence-corrected chi connectivity index (χ0v) is 27.6. The second kappa shape index (κ2) is 10.1. The molecule has 13 nitrogen and oxygen atoms in total. The fraction of sp³-hybridized carbons (Fsp3) is 0.735. The lowest BCUT2D eigenvalue weighted by atomic mass is 9.33. The average molecular weight is 659 g/mol. The minimum atomic E-state index is -1.32. The van der Waals surface area contributed by atoms with Crippen molar-refractivity contribution in [3.8, 4) is 0 Å². The number of ketones is 1. The number of rotatable bonds is 5. The van der Waals surface area contributed by atoms with Crippen LogP contribution in [0.25, 0.3) is 0 Å². The number of furan rings is 1. The first-order chi connectivity index (χ1) is 22.0. The second-order valence-corrected chi connectivity index (χ2v) is 15.0. The maximum Gasteiger partial charge on any atom is 0.304 e. The van der Waals surface area contributed by atoms with Gasteiger partial charge in [-0.25, -0.2) is 0 Å². The molecular formula is C34H42O13. The van der Waals surface area contributed by atoms with Crippen molar-refractivity contribution in [3.05, 3.63) is 24.2 Å². The van der Waals surface area contributed by atoms with Crippen LogP contribution in [0.15, 0.2) is 23.0 Å². The molecule has 1 spiro atoms. The highest BCUT2D eigenvalue weighted by atomic mass is 16.7. The van der Waals surface area contributed by atoms with E-state index >= 15 is 4.79 Å². The Bertz CT molecular complexity index is 1540. The number of hydrogen-bond donors (Lipinski definition) is 1. The molecule has 4 saturated carbocycles. The zero-order chi connectivity index (χ0) is 34.1. The van der Waals surface area contributed by atoms with Crippen LogP contribution in [0.2, 0.25) is 0 Å². The van der Waals surface area contributed by atoms with E-state index in [0.29, 0.717) is 6.42 Å². The number of fused-ring (bicyclic) bond motifs is 1. The molecule has 256 valence electrons. The maximum absolute atomic E-state index is 15.4. The van der Waals surface area contributed by atoms with E-state index in [1.807, 2.05) is 19.9 Å². The summed E-state index contributed by atoms with van der Waals surface area (Å²) in [5, 5.41) is 12.5. The van der Waals surface area contributed by atoms with Crippen LogP contribution in [0.3, 0.4) is 0 Å². The molecule has 2 aliphatic heterocycles. The van der Waals surface area contributed by atoms with Gasteiger partial charge in [0.1, 0.15) is 17.8 Å². The lowest BCUT2D eigenvalue weighted by Crippen LogP contribution is -2.82. The Kier molecular flexibility index (Phi) is 6.94. The lowest BCUT2D eigenvalue weighted by molar-refractivity contribution is -0.374. The summed E-state index contributed by atoms with van der Waals surface area (Å²) >= 11 is 0. The zero-order valence-electron chi connectivity index (χ0n) is 27.6. The molecule has 0 unspecified atom stereocenters. The van der Waals surface area contributed by atoms with E-state index in [4.69, 9.17) is 32.8 Å². The molecular weight excluding hydrogens is 616 g/mol. The summed E-state index contributed by atoms with van der Waals surface area (Å²) in [6.45, 7) is 10.3. The molecule has 6 aliphatic rings. The number of hydrogen-bond acceptors (Lipinski definition) is 13. The minimum absolute atomic E-state index is 0.0202. The summed E-state index contributed by atoms with van der Waals surface area (Å²) in [4.78, 5) is 65.8. The molecule has 0 amide bonds. The monoisotopic (exact) mass is 658 g/mol. The molecule has 13 heteroatoms. The van der Waals surface area contributed by atoms with E-state index in [0.717, 1.165) is 5.56 Å². The topological polar surface area (TPSA) is 177 Å². The van der Waals surface area contributed by atoms with Crippen molar-refractivity contribution in [2.75, 3.05) is 6.61 Å². The van der Waals surface area contributed by atoms with Crippen LogP contribution in [0, 0.1) is 33.5 Å². The Labute approximate surface area is 271 Å². The van der Waals surface area contributed by atoms with Crippen molar-refractivity contribution >= 4 is 29.7 Å². The van der Waals surface area contributed by atoms with Crippen LogP contribution in [-0.2, 0) is 52.4 Å². The number of carbonyl (C=O) groups excluding carboxylic acids is 5. The summed E-state index contributed by atoms with van der Waals surface area (Å²) in [7, 11) is 0. The van der Waals surface area contributed by atoms with Gasteiger partial charge in [0.05, 0.1) is 42.2 Å². The largest absolute Gasteiger partial charge is 0.472 e. The van der Waals surface area contributed by atoms with Gasteiger partial charge < -0.3 is 37.9 Å². The van der Waals surface area contributed by atoms with Crippen LogP contribution in [0.1, 0.15) is 79.2 Å². The molecule has 2 saturated heterocycles. The van der Waals surface area contributed by atoms with Gasteiger partial charge in [0.15, 0.2) is 11.9 Å². The van der Waals surface area contributed by atoms with Crippen molar-refractivity contribution in [2.24, 2.45) is 33.5 Å². The Balaban J connectivity index is 1.46. The molecule has 3 heterocycles. The number of ether oxygens (including phenoxy) is 6. The molecule has 7 rings (SSSR count). The van der Waals surface area contributed by atoms with Crippen molar-refractivity contribution in [1.29, 1.82) is 0 Å². The van der Waals surface area contributed by atoms with E-state index in [9.17, 15) is 24.3 Å². The van der Waals surface area contributed by atoms with E-state index < -0.39 is 99.5 Å². The number of aliphatic hydroxyl groups is 1. The van der Waals surface area contributed by atoms with Crippen LogP contribution < -0.4 is 0 Å². The first-order valence-corrected chi connectivity index (χ1v) is 16.2. The molecule has 1 aromatic rings. The summed E-state index contributed by atoms with van der Waals surface area (Å²) in [6.07, 6.45) is -2.34. The third-order valence-corrected chi connectivity index (χ3v) is 13.1. The van der Waals surface area contributed by atoms with Gasteiger partial charge in [-0.15, -0.1) is 0 Å². The fourth-order valence-corrected chi connectivity index (χ4v) is 11.6. The summed E-state index contributed by atoms with van der Waals surface area (Å²) < 4.78 is 42.1. The third-order valence-electron chi connectivity index (χ3n) is 13.1. The van der Waals surface area contributed by atoms with Crippen LogP contribution in [0.5, 0.6) is 0 Å². The van der Waals surface area contributed by atoms with Crippen molar-refractivity contribution < 1.29 is 61.9 Å². The van der Waals surface area contributed by atoms with Gasteiger partial charge >= 0.3 is 23.9 Å². The molecule has 47 heavy (non-hydrogen) atoms. The van der Waals surface area contributed by atoms with Gasteiger partial charge in [0.2, 0.25) is 6.29 Å². The van der Waals surface area contributed by atoms with Crippen molar-refractivity contribution in [1.82, 2.24) is 0 Å². The fourth-order valence-electron chi connectivity index (χ4n) is 11.6. The molecule has 14 atom stereocenters. The summed E-state index contributed by atoms with van der Waals surface area (Å²) in [5.74, 6) is -5.10. The second-order valence-electron chi connectivity index (χ2n) is 15.0. The minimum Gasteiger partial charge on any atom is -0.472 e.